The van der Waals surface area contributed by atoms with Crippen LogP contribution in [0.5, 0.6) is 11.5 Å². The van der Waals surface area contributed by atoms with Gasteiger partial charge in [0.25, 0.3) is 17.7 Å². The molecule has 0 saturated carbocycles. The predicted molar refractivity (Wildman–Crippen MR) is 114 cm³/mol. The quantitative estimate of drug-likeness (QED) is 0.292. The SMILES string of the molecule is C#CC(=O)Nc1cc(OC)c(OCCCN2C(=O)c3ccccc3C2=O)cc1C(=O)OC. The molecule has 9 nitrogen and oxygen atoms in total. The van der Waals surface area contributed by atoms with Crippen LogP contribution in [-0.2, 0) is 9.53 Å². The Balaban J connectivity index is 1.70. The van der Waals surface area contributed by atoms with Gasteiger partial charge in [0.15, 0.2) is 11.5 Å². The summed E-state index contributed by atoms with van der Waals surface area (Å²) in [5.74, 6) is 0.215. The van der Waals surface area contributed by atoms with Crippen molar-refractivity contribution in [1.29, 1.82) is 0 Å². The third-order valence-corrected chi connectivity index (χ3v) is 4.75. The molecule has 1 aliphatic rings. The molecule has 0 saturated heterocycles. The first-order chi connectivity index (χ1) is 15.4. The molecule has 0 spiro atoms. The molecule has 1 aliphatic heterocycles. The highest BCUT2D eigenvalue weighted by Crippen LogP contribution is 2.34. The van der Waals surface area contributed by atoms with Crippen LogP contribution in [-0.4, -0.2) is 56.0 Å². The van der Waals surface area contributed by atoms with Crippen molar-refractivity contribution in [2.45, 2.75) is 6.42 Å². The molecule has 2 aromatic rings. The smallest absolute Gasteiger partial charge is 0.340 e. The van der Waals surface area contributed by atoms with E-state index in [1.807, 2.05) is 5.92 Å². The lowest BCUT2D eigenvalue weighted by molar-refractivity contribution is -0.111. The fraction of sp³-hybridized carbons (Fsp3) is 0.217. The number of ether oxygens (including phenoxy) is 3. The molecule has 0 aliphatic carbocycles. The zero-order valence-electron chi connectivity index (χ0n) is 17.5. The molecule has 0 atom stereocenters. The van der Waals surface area contributed by atoms with E-state index in [0.717, 1.165) is 0 Å². The summed E-state index contributed by atoms with van der Waals surface area (Å²) in [5, 5.41) is 2.41. The van der Waals surface area contributed by atoms with Crippen molar-refractivity contribution in [3.05, 3.63) is 53.1 Å². The Kier molecular flexibility index (Phi) is 6.75. The molecule has 3 rings (SSSR count). The van der Waals surface area contributed by atoms with Crippen LogP contribution in [0.15, 0.2) is 36.4 Å². The second-order valence-electron chi connectivity index (χ2n) is 6.65. The van der Waals surface area contributed by atoms with Crippen LogP contribution in [0.1, 0.15) is 37.5 Å². The van der Waals surface area contributed by atoms with Crippen molar-refractivity contribution >= 4 is 29.4 Å². The van der Waals surface area contributed by atoms with Gasteiger partial charge in [0, 0.05) is 18.7 Å². The first kappa shape index (κ1) is 22.4. The first-order valence-corrected chi connectivity index (χ1v) is 9.57. The highest BCUT2D eigenvalue weighted by Gasteiger charge is 2.34. The fourth-order valence-corrected chi connectivity index (χ4v) is 3.22. The number of amides is 3. The van der Waals surface area contributed by atoms with Crippen molar-refractivity contribution in [1.82, 2.24) is 4.90 Å². The van der Waals surface area contributed by atoms with Gasteiger partial charge in [-0.25, -0.2) is 4.79 Å². The number of fused-ring (bicyclic) bond motifs is 1. The largest absolute Gasteiger partial charge is 0.493 e. The number of benzene rings is 2. The van der Waals surface area contributed by atoms with E-state index in [9.17, 15) is 19.2 Å². The van der Waals surface area contributed by atoms with Gasteiger partial charge in [-0.15, -0.1) is 6.42 Å². The highest BCUT2D eigenvalue weighted by molar-refractivity contribution is 6.21. The number of nitrogens with one attached hydrogen (secondary N) is 1. The van der Waals surface area contributed by atoms with Gasteiger partial charge in [-0.3, -0.25) is 19.3 Å². The van der Waals surface area contributed by atoms with Gasteiger partial charge in [-0.05, 0) is 24.5 Å². The van der Waals surface area contributed by atoms with E-state index in [0.29, 0.717) is 17.5 Å². The van der Waals surface area contributed by atoms with Gasteiger partial charge < -0.3 is 19.5 Å². The predicted octanol–water partition coefficient (Wildman–Crippen LogP) is 2.12. The Morgan fingerprint density at radius 2 is 1.72 bits per heavy atom. The number of carbonyl (C=O) groups is 4. The maximum atomic E-state index is 12.4. The van der Waals surface area contributed by atoms with Crippen molar-refractivity contribution < 1.29 is 33.4 Å². The number of rotatable bonds is 8. The molecular weight excluding hydrogens is 416 g/mol. The maximum Gasteiger partial charge on any atom is 0.340 e. The Labute approximate surface area is 184 Å². The fourth-order valence-electron chi connectivity index (χ4n) is 3.22. The minimum absolute atomic E-state index is 0.0206. The monoisotopic (exact) mass is 436 g/mol. The lowest BCUT2D eigenvalue weighted by atomic mass is 10.1. The van der Waals surface area contributed by atoms with Crippen molar-refractivity contribution in [2.24, 2.45) is 0 Å². The third kappa shape index (κ3) is 4.39. The molecule has 0 bridgehead atoms. The van der Waals surface area contributed by atoms with Gasteiger partial charge >= 0.3 is 5.97 Å². The number of nitrogens with zero attached hydrogens (tertiary/aromatic N) is 1. The number of carbonyl (C=O) groups excluding carboxylic acids is 4. The summed E-state index contributed by atoms with van der Waals surface area (Å²) in [6, 6.07) is 9.40. The molecule has 0 fully saturated rings. The Bertz CT molecular complexity index is 1100. The van der Waals surface area contributed by atoms with Crippen molar-refractivity contribution in [3.8, 4) is 23.8 Å². The summed E-state index contributed by atoms with van der Waals surface area (Å²) < 4.78 is 15.7. The summed E-state index contributed by atoms with van der Waals surface area (Å²) in [7, 11) is 2.59. The topological polar surface area (TPSA) is 111 Å². The molecule has 3 amide bonds. The van der Waals surface area contributed by atoms with E-state index >= 15 is 0 Å². The molecule has 164 valence electrons. The maximum absolute atomic E-state index is 12.4. The number of hydrogen-bond acceptors (Lipinski definition) is 7. The van der Waals surface area contributed by atoms with Gasteiger partial charge in [0.05, 0.1) is 43.2 Å². The van der Waals surface area contributed by atoms with Crippen LogP contribution in [0.25, 0.3) is 0 Å². The molecular formula is C23H20N2O7. The number of anilines is 1. The summed E-state index contributed by atoms with van der Waals surface area (Å²) in [6.07, 6.45) is 5.42. The van der Waals surface area contributed by atoms with Crippen molar-refractivity contribution in [2.75, 3.05) is 32.7 Å². The second-order valence-corrected chi connectivity index (χ2v) is 6.65. The molecule has 1 heterocycles. The number of imide groups is 1. The van der Waals surface area contributed by atoms with Gasteiger partial charge in [-0.1, -0.05) is 12.1 Å². The van der Waals surface area contributed by atoms with Crippen LogP contribution in [0.4, 0.5) is 5.69 Å². The standard InChI is InChI=1S/C23H20N2O7/c1-4-20(26)24-17-13-18(30-2)19(12-16(17)23(29)31-3)32-11-7-10-25-21(27)14-8-5-6-9-15(14)22(25)28/h1,5-6,8-9,12-13H,7,10-11H2,2-3H3,(H,24,26). The number of terminal acetylenes is 1. The van der Waals surface area contributed by atoms with Crippen LogP contribution >= 0.6 is 0 Å². The zero-order valence-corrected chi connectivity index (χ0v) is 17.5. The van der Waals surface area contributed by atoms with E-state index in [2.05, 4.69) is 5.32 Å². The minimum Gasteiger partial charge on any atom is -0.493 e. The van der Waals surface area contributed by atoms with Gasteiger partial charge in [0.1, 0.15) is 0 Å². The summed E-state index contributed by atoms with van der Waals surface area (Å²) >= 11 is 0. The summed E-state index contributed by atoms with van der Waals surface area (Å²) in [5.41, 5.74) is 0.891. The molecule has 0 aromatic heterocycles. The normalized spacial score (nSPS) is 12.1. The highest BCUT2D eigenvalue weighted by atomic mass is 16.5. The number of esters is 1. The third-order valence-electron chi connectivity index (χ3n) is 4.75. The summed E-state index contributed by atoms with van der Waals surface area (Å²) in [4.78, 5) is 49.7. The van der Waals surface area contributed by atoms with Gasteiger partial charge in [0.2, 0.25) is 0 Å². The van der Waals surface area contributed by atoms with Crippen LogP contribution in [0.3, 0.4) is 0 Å². The van der Waals surface area contributed by atoms with Crippen LogP contribution < -0.4 is 14.8 Å². The van der Waals surface area contributed by atoms with E-state index in [1.165, 1.54) is 31.3 Å². The molecule has 1 N–H and O–H groups in total. The first-order valence-electron chi connectivity index (χ1n) is 9.57. The van der Waals surface area contributed by atoms with E-state index in [1.54, 1.807) is 24.3 Å². The zero-order chi connectivity index (χ0) is 23.3. The molecule has 0 unspecified atom stereocenters. The number of hydrogen-bond donors (Lipinski definition) is 1. The number of methoxy groups -OCH3 is 2. The van der Waals surface area contributed by atoms with E-state index in [4.69, 9.17) is 20.6 Å². The van der Waals surface area contributed by atoms with Gasteiger partial charge in [-0.2, -0.15) is 0 Å². The molecule has 0 radical (unpaired) electrons. The Hall–Kier alpha value is -4.32. The average molecular weight is 436 g/mol. The molecule has 32 heavy (non-hydrogen) atoms. The average Bonchev–Trinajstić information content (AvgIpc) is 3.06. The summed E-state index contributed by atoms with van der Waals surface area (Å²) in [6.45, 7) is 0.287. The van der Waals surface area contributed by atoms with Crippen LogP contribution in [0, 0.1) is 12.3 Å². The molecule has 2 aromatic carbocycles. The lowest BCUT2D eigenvalue weighted by Crippen LogP contribution is -2.31. The Morgan fingerprint density at radius 1 is 1.06 bits per heavy atom. The Morgan fingerprint density at radius 3 is 2.28 bits per heavy atom. The second kappa shape index (κ2) is 9.66. The van der Waals surface area contributed by atoms with E-state index in [-0.39, 0.29) is 47.7 Å². The van der Waals surface area contributed by atoms with Crippen molar-refractivity contribution in [3.63, 3.8) is 0 Å². The molecule has 9 heteroatoms. The minimum atomic E-state index is -0.744. The van der Waals surface area contributed by atoms with Crippen LogP contribution in [0.2, 0.25) is 0 Å². The van der Waals surface area contributed by atoms with E-state index < -0.39 is 11.9 Å². The lowest BCUT2D eigenvalue weighted by Gasteiger charge is -2.17.